The topological polar surface area (TPSA) is 30.9 Å². The predicted molar refractivity (Wildman–Crippen MR) is 111 cm³/mol. The summed E-state index contributed by atoms with van der Waals surface area (Å²) in [5.74, 6) is 1.04. The fourth-order valence-electron chi connectivity index (χ4n) is 2.90. The van der Waals surface area contributed by atoms with Crippen molar-refractivity contribution in [3.8, 4) is 0 Å². The first-order valence-corrected chi connectivity index (χ1v) is 8.13. The number of nitrogens with one attached hydrogen (secondary N) is 1. The standard InChI is InChI=1S/C18H30N4.HI/c1-18(2)11-13-22(14-18)17(19-3)20-12-10-15-6-8-16(9-7-15)21(4)5;/h6-9H,10-14H2,1-5H3,(H,19,20);1H. The van der Waals surface area contributed by atoms with Gasteiger partial charge < -0.3 is 15.1 Å². The molecule has 0 aromatic heterocycles. The molecule has 0 radical (unpaired) electrons. The van der Waals surface area contributed by atoms with Crippen molar-refractivity contribution >= 4 is 35.6 Å². The van der Waals surface area contributed by atoms with E-state index in [1.165, 1.54) is 17.7 Å². The third-order valence-corrected chi connectivity index (χ3v) is 4.34. The molecule has 2 rings (SSSR count). The van der Waals surface area contributed by atoms with Crippen molar-refractivity contribution < 1.29 is 0 Å². The van der Waals surface area contributed by atoms with Crippen LogP contribution in [0.15, 0.2) is 29.3 Å². The molecule has 1 heterocycles. The van der Waals surface area contributed by atoms with Crippen LogP contribution in [0.3, 0.4) is 0 Å². The maximum atomic E-state index is 4.43. The van der Waals surface area contributed by atoms with Crippen LogP contribution in [-0.4, -0.2) is 51.6 Å². The van der Waals surface area contributed by atoms with Crippen LogP contribution in [0, 0.1) is 5.41 Å². The highest BCUT2D eigenvalue weighted by atomic mass is 127. The summed E-state index contributed by atoms with van der Waals surface area (Å²) in [4.78, 5) is 8.92. The minimum absolute atomic E-state index is 0. The zero-order chi connectivity index (χ0) is 16.2. The molecule has 1 fully saturated rings. The van der Waals surface area contributed by atoms with Gasteiger partial charge in [-0.05, 0) is 36.0 Å². The monoisotopic (exact) mass is 430 g/mol. The quantitative estimate of drug-likeness (QED) is 0.452. The molecule has 4 nitrogen and oxygen atoms in total. The molecule has 1 aliphatic heterocycles. The summed E-state index contributed by atoms with van der Waals surface area (Å²) in [5.41, 5.74) is 3.00. The molecule has 0 aliphatic carbocycles. The zero-order valence-electron chi connectivity index (χ0n) is 15.1. The highest BCUT2D eigenvalue weighted by Crippen LogP contribution is 2.28. The molecular weight excluding hydrogens is 399 g/mol. The molecule has 0 unspecified atom stereocenters. The van der Waals surface area contributed by atoms with Gasteiger partial charge >= 0.3 is 0 Å². The molecule has 1 aromatic carbocycles. The summed E-state index contributed by atoms with van der Waals surface area (Å²) >= 11 is 0. The van der Waals surface area contributed by atoms with Gasteiger partial charge in [-0.15, -0.1) is 24.0 Å². The molecule has 1 aromatic rings. The van der Waals surface area contributed by atoms with E-state index < -0.39 is 0 Å². The van der Waals surface area contributed by atoms with Crippen LogP contribution in [0.5, 0.6) is 0 Å². The molecule has 23 heavy (non-hydrogen) atoms. The second-order valence-corrected chi connectivity index (χ2v) is 7.12. The van der Waals surface area contributed by atoms with Crippen molar-refractivity contribution in [3.63, 3.8) is 0 Å². The second kappa shape index (κ2) is 8.76. The molecule has 0 spiro atoms. The Morgan fingerprint density at radius 3 is 2.39 bits per heavy atom. The Kier molecular flexibility index (Phi) is 7.64. The Hall–Kier alpha value is -0.980. The fraction of sp³-hybridized carbons (Fsp3) is 0.611. The number of rotatable bonds is 4. The summed E-state index contributed by atoms with van der Waals surface area (Å²) in [7, 11) is 6.01. The minimum atomic E-state index is 0. The molecule has 1 aliphatic rings. The van der Waals surface area contributed by atoms with Crippen LogP contribution in [0.2, 0.25) is 0 Å². The van der Waals surface area contributed by atoms with E-state index >= 15 is 0 Å². The van der Waals surface area contributed by atoms with E-state index in [4.69, 9.17) is 0 Å². The van der Waals surface area contributed by atoms with Gasteiger partial charge in [-0.1, -0.05) is 26.0 Å². The molecule has 130 valence electrons. The number of anilines is 1. The molecule has 5 heteroatoms. The normalized spacial score (nSPS) is 16.9. The number of guanidine groups is 1. The Balaban J connectivity index is 0.00000264. The lowest BCUT2D eigenvalue weighted by Gasteiger charge is -2.23. The molecule has 0 saturated carbocycles. The predicted octanol–water partition coefficient (Wildman–Crippen LogP) is 3.22. The number of likely N-dealkylation sites (tertiary alicyclic amines) is 1. The van der Waals surface area contributed by atoms with Gasteiger partial charge in [-0.2, -0.15) is 0 Å². The molecule has 0 amide bonds. The Morgan fingerprint density at radius 2 is 1.91 bits per heavy atom. The van der Waals surface area contributed by atoms with E-state index in [1.807, 2.05) is 7.05 Å². The largest absolute Gasteiger partial charge is 0.378 e. The van der Waals surface area contributed by atoms with Gasteiger partial charge in [0.2, 0.25) is 0 Å². The summed E-state index contributed by atoms with van der Waals surface area (Å²) < 4.78 is 0. The Bertz CT molecular complexity index is 508. The number of nitrogens with zero attached hydrogens (tertiary/aromatic N) is 3. The van der Waals surface area contributed by atoms with Gasteiger partial charge in [0.05, 0.1) is 0 Å². The van der Waals surface area contributed by atoms with Crippen LogP contribution in [0.25, 0.3) is 0 Å². The maximum Gasteiger partial charge on any atom is 0.193 e. The summed E-state index contributed by atoms with van der Waals surface area (Å²) in [5, 5.41) is 3.50. The van der Waals surface area contributed by atoms with Crippen molar-refractivity contribution in [2.45, 2.75) is 26.7 Å². The SMILES string of the molecule is CN=C(NCCc1ccc(N(C)C)cc1)N1CCC(C)(C)C1.I. The fourth-order valence-corrected chi connectivity index (χ4v) is 2.90. The highest BCUT2D eigenvalue weighted by Gasteiger charge is 2.30. The van der Waals surface area contributed by atoms with Crippen molar-refractivity contribution in [2.24, 2.45) is 10.4 Å². The number of benzene rings is 1. The Labute approximate surface area is 158 Å². The van der Waals surface area contributed by atoms with Crippen LogP contribution >= 0.6 is 24.0 Å². The first-order chi connectivity index (χ1) is 10.4. The number of halogens is 1. The second-order valence-electron chi connectivity index (χ2n) is 7.12. The van der Waals surface area contributed by atoms with Crippen molar-refractivity contribution in [3.05, 3.63) is 29.8 Å². The van der Waals surface area contributed by atoms with Gasteiger partial charge in [-0.25, -0.2) is 0 Å². The van der Waals surface area contributed by atoms with Crippen LogP contribution < -0.4 is 10.2 Å². The minimum Gasteiger partial charge on any atom is -0.378 e. The lowest BCUT2D eigenvalue weighted by atomic mass is 9.93. The molecule has 0 atom stereocenters. The van der Waals surface area contributed by atoms with Crippen molar-refractivity contribution in [1.29, 1.82) is 0 Å². The van der Waals surface area contributed by atoms with E-state index in [2.05, 4.69) is 72.3 Å². The number of hydrogen-bond donors (Lipinski definition) is 1. The Morgan fingerprint density at radius 1 is 1.26 bits per heavy atom. The molecule has 0 bridgehead atoms. The third-order valence-electron chi connectivity index (χ3n) is 4.34. The molecular formula is C18H31IN4. The van der Waals surface area contributed by atoms with E-state index in [9.17, 15) is 0 Å². The van der Waals surface area contributed by atoms with Crippen molar-refractivity contribution in [2.75, 3.05) is 45.7 Å². The van der Waals surface area contributed by atoms with E-state index in [0.29, 0.717) is 5.41 Å². The van der Waals surface area contributed by atoms with Gasteiger partial charge in [0.15, 0.2) is 5.96 Å². The first kappa shape index (κ1) is 20.1. The highest BCUT2D eigenvalue weighted by molar-refractivity contribution is 14.0. The lowest BCUT2D eigenvalue weighted by Crippen LogP contribution is -2.41. The van der Waals surface area contributed by atoms with Gasteiger partial charge in [-0.3, -0.25) is 4.99 Å². The van der Waals surface area contributed by atoms with Crippen molar-refractivity contribution in [1.82, 2.24) is 10.2 Å². The van der Waals surface area contributed by atoms with Crippen LogP contribution in [0.1, 0.15) is 25.8 Å². The van der Waals surface area contributed by atoms with Crippen LogP contribution in [-0.2, 0) is 6.42 Å². The summed E-state index contributed by atoms with van der Waals surface area (Å²) in [6, 6.07) is 8.76. The average Bonchev–Trinajstić information content (AvgIpc) is 2.84. The first-order valence-electron chi connectivity index (χ1n) is 8.13. The van der Waals surface area contributed by atoms with E-state index in [0.717, 1.165) is 32.0 Å². The van der Waals surface area contributed by atoms with Gasteiger partial charge in [0.25, 0.3) is 0 Å². The molecule has 1 N–H and O–H groups in total. The lowest BCUT2D eigenvalue weighted by molar-refractivity contribution is 0.370. The summed E-state index contributed by atoms with van der Waals surface area (Å²) in [6.07, 6.45) is 2.25. The smallest absolute Gasteiger partial charge is 0.193 e. The molecule has 1 saturated heterocycles. The number of aliphatic imine (C=N–C) groups is 1. The third kappa shape index (κ3) is 5.86. The zero-order valence-corrected chi connectivity index (χ0v) is 17.4. The van der Waals surface area contributed by atoms with Gasteiger partial charge in [0.1, 0.15) is 0 Å². The number of hydrogen-bond acceptors (Lipinski definition) is 2. The van der Waals surface area contributed by atoms with E-state index in [1.54, 1.807) is 0 Å². The van der Waals surface area contributed by atoms with Crippen LogP contribution in [0.4, 0.5) is 5.69 Å². The van der Waals surface area contributed by atoms with Gasteiger partial charge in [0, 0.05) is 46.5 Å². The summed E-state index contributed by atoms with van der Waals surface area (Å²) in [6.45, 7) is 7.76. The van der Waals surface area contributed by atoms with E-state index in [-0.39, 0.29) is 24.0 Å². The average molecular weight is 430 g/mol. The maximum absolute atomic E-state index is 4.43.